The number of nitrogens with zero attached hydrogens (tertiary/aromatic N) is 4. The lowest BCUT2D eigenvalue weighted by molar-refractivity contribution is 0.0730. The van der Waals surface area contributed by atoms with Gasteiger partial charge in [-0.3, -0.25) is 4.98 Å². The van der Waals surface area contributed by atoms with E-state index in [2.05, 4.69) is 11.1 Å². The molecule has 7 nitrogen and oxygen atoms in total. The van der Waals surface area contributed by atoms with Crippen molar-refractivity contribution in [1.29, 1.82) is 5.26 Å². The van der Waals surface area contributed by atoms with Crippen molar-refractivity contribution >= 4 is 21.7 Å². The van der Waals surface area contributed by atoms with Gasteiger partial charge in [0.05, 0.1) is 29.4 Å². The first-order chi connectivity index (χ1) is 15.4. The second kappa shape index (κ2) is 9.09. The molecule has 0 N–H and O–H groups in total. The molecule has 1 fully saturated rings. The molecule has 3 heterocycles. The predicted molar refractivity (Wildman–Crippen MR) is 123 cm³/mol. The molecule has 8 heteroatoms. The van der Waals surface area contributed by atoms with Crippen molar-refractivity contribution < 1.29 is 13.2 Å². The summed E-state index contributed by atoms with van der Waals surface area (Å²) in [5, 5.41) is 9.63. The zero-order valence-electron chi connectivity index (χ0n) is 18.0. The van der Waals surface area contributed by atoms with Crippen LogP contribution < -0.4 is 0 Å². The van der Waals surface area contributed by atoms with Gasteiger partial charge in [0.2, 0.25) is 10.0 Å². The zero-order chi connectivity index (χ0) is 22.7. The van der Waals surface area contributed by atoms with Gasteiger partial charge >= 0.3 is 0 Å². The molecule has 0 radical (unpaired) electrons. The van der Waals surface area contributed by atoms with E-state index >= 15 is 0 Å². The van der Waals surface area contributed by atoms with Crippen molar-refractivity contribution in [3.63, 3.8) is 0 Å². The van der Waals surface area contributed by atoms with E-state index in [4.69, 9.17) is 4.74 Å². The van der Waals surface area contributed by atoms with Gasteiger partial charge in [0.25, 0.3) is 0 Å². The highest BCUT2D eigenvalue weighted by Gasteiger charge is 2.26. The van der Waals surface area contributed by atoms with Crippen LogP contribution >= 0.6 is 0 Å². The van der Waals surface area contributed by atoms with Crippen LogP contribution in [0.3, 0.4) is 0 Å². The summed E-state index contributed by atoms with van der Waals surface area (Å²) in [7, 11) is -3.59. The van der Waals surface area contributed by atoms with Gasteiger partial charge in [-0.25, -0.2) is 8.42 Å². The average molecular weight is 449 g/mol. The highest BCUT2D eigenvalue weighted by Crippen LogP contribution is 2.27. The van der Waals surface area contributed by atoms with Gasteiger partial charge in [0, 0.05) is 36.4 Å². The summed E-state index contributed by atoms with van der Waals surface area (Å²) in [6, 6.07) is 16.6. The molecule has 0 saturated carbocycles. The predicted octanol–water partition coefficient (Wildman–Crippen LogP) is 3.57. The molecule has 3 aromatic rings. The van der Waals surface area contributed by atoms with Gasteiger partial charge in [-0.2, -0.15) is 9.57 Å². The molecule has 32 heavy (non-hydrogen) atoms. The molecule has 1 aromatic carbocycles. The fourth-order valence-corrected chi connectivity index (χ4v) is 5.34. The SMILES string of the molecule is Cc1cc(C=C(C#N)c2ccccn2)c(C)n1-c1cccc(S(=O)(=O)N2CCOCC2)c1. The third-order valence-corrected chi connectivity index (χ3v) is 7.41. The fourth-order valence-electron chi connectivity index (χ4n) is 3.89. The lowest BCUT2D eigenvalue weighted by atomic mass is 10.1. The number of aromatic nitrogens is 2. The Morgan fingerprint density at radius 2 is 1.91 bits per heavy atom. The molecular weight excluding hydrogens is 424 g/mol. The fraction of sp³-hybridized carbons (Fsp3) is 0.250. The summed E-state index contributed by atoms with van der Waals surface area (Å²) in [6.45, 7) is 5.43. The van der Waals surface area contributed by atoms with E-state index in [1.807, 2.05) is 48.8 Å². The van der Waals surface area contributed by atoms with Crippen molar-refractivity contribution in [3.05, 3.63) is 77.4 Å². The van der Waals surface area contributed by atoms with E-state index in [1.54, 1.807) is 30.5 Å². The van der Waals surface area contributed by atoms with Crippen molar-refractivity contribution in [3.8, 4) is 11.8 Å². The second-order valence-electron chi connectivity index (χ2n) is 7.56. The van der Waals surface area contributed by atoms with Gasteiger partial charge in [-0.1, -0.05) is 12.1 Å². The maximum Gasteiger partial charge on any atom is 0.243 e. The summed E-state index contributed by atoms with van der Waals surface area (Å²) in [6.07, 6.45) is 3.47. The lowest BCUT2D eigenvalue weighted by Crippen LogP contribution is -2.40. The van der Waals surface area contributed by atoms with Crippen LogP contribution in [-0.4, -0.2) is 48.6 Å². The number of aryl methyl sites for hydroxylation is 1. The van der Waals surface area contributed by atoms with E-state index < -0.39 is 10.0 Å². The Kier molecular flexibility index (Phi) is 6.24. The van der Waals surface area contributed by atoms with Crippen LogP contribution in [0.15, 0.2) is 59.6 Å². The summed E-state index contributed by atoms with van der Waals surface area (Å²) in [5.41, 5.74) is 4.56. The first-order valence-electron chi connectivity index (χ1n) is 10.3. The maximum absolute atomic E-state index is 13.1. The van der Waals surface area contributed by atoms with Gasteiger partial charge < -0.3 is 9.30 Å². The van der Waals surface area contributed by atoms with Gasteiger partial charge in [0.15, 0.2) is 0 Å². The average Bonchev–Trinajstić information content (AvgIpc) is 3.11. The molecule has 0 unspecified atom stereocenters. The smallest absolute Gasteiger partial charge is 0.243 e. The monoisotopic (exact) mass is 448 g/mol. The number of pyridine rings is 1. The first kappa shape index (κ1) is 22.0. The normalized spacial score (nSPS) is 15.5. The number of hydrogen-bond acceptors (Lipinski definition) is 5. The number of sulfonamides is 1. The number of nitriles is 1. The molecular formula is C24H24N4O3S. The topological polar surface area (TPSA) is 88.2 Å². The van der Waals surface area contributed by atoms with Crippen molar-refractivity contribution in [2.75, 3.05) is 26.3 Å². The molecule has 164 valence electrons. The molecule has 0 spiro atoms. The maximum atomic E-state index is 13.1. The van der Waals surface area contributed by atoms with Gasteiger partial charge in [-0.05, 0) is 61.9 Å². The Labute approximate surface area is 188 Å². The van der Waals surface area contributed by atoms with Crippen LogP contribution in [-0.2, 0) is 14.8 Å². The van der Waals surface area contributed by atoms with Gasteiger partial charge in [-0.15, -0.1) is 0 Å². The minimum absolute atomic E-state index is 0.257. The van der Waals surface area contributed by atoms with Gasteiger partial charge in [0.1, 0.15) is 6.07 Å². The summed E-state index contributed by atoms with van der Waals surface area (Å²) < 4.78 is 34.9. The number of hydrogen-bond donors (Lipinski definition) is 0. The van der Waals surface area contributed by atoms with E-state index in [1.165, 1.54) is 4.31 Å². The lowest BCUT2D eigenvalue weighted by Gasteiger charge is -2.26. The Hall–Kier alpha value is -3.25. The number of allylic oxidation sites excluding steroid dienone is 1. The van der Waals surface area contributed by atoms with E-state index in [0.29, 0.717) is 37.6 Å². The largest absolute Gasteiger partial charge is 0.379 e. The number of ether oxygens (including phenoxy) is 1. The molecule has 0 bridgehead atoms. The standard InChI is InChI=1S/C24H24N4O3S/c1-18-14-20(15-21(17-25)24-8-3-4-9-26-24)19(2)28(18)22-6-5-7-23(16-22)32(29,30)27-10-12-31-13-11-27/h3-9,14-16H,10-13H2,1-2H3. The second-order valence-corrected chi connectivity index (χ2v) is 9.50. The quantitative estimate of drug-likeness (QED) is 0.557. The first-order valence-corrected chi connectivity index (χ1v) is 11.8. The summed E-state index contributed by atoms with van der Waals surface area (Å²) in [5.74, 6) is 0. The Morgan fingerprint density at radius 1 is 1.12 bits per heavy atom. The Morgan fingerprint density at radius 3 is 2.59 bits per heavy atom. The summed E-state index contributed by atoms with van der Waals surface area (Å²) in [4.78, 5) is 4.53. The van der Waals surface area contributed by atoms with Crippen molar-refractivity contribution in [2.24, 2.45) is 0 Å². The minimum atomic E-state index is -3.59. The van der Waals surface area contributed by atoms with E-state index in [0.717, 1.165) is 22.6 Å². The highest BCUT2D eigenvalue weighted by molar-refractivity contribution is 7.89. The minimum Gasteiger partial charge on any atom is -0.379 e. The number of benzene rings is 1. The molecule has 1 saturated heterocycles. The Balaban J connectivity index is 1.73. The van der Waals surface area contributed by atoms with Crippen LogP contribution in [0.25, 0.3) is 17.3 Å². The molecule has 0 atom stereocenters. The van der Waals surface area contributed by atoms with E-state index in [-0.39, 0.29) is 4.90 Å². The molecule has 1 aliphatic rings. The summed E-state index contributed by atoms with van der Waals surface area (Å²) >= 11 is 0. The molecule has 2 aromatic heterocycles. The molecule has 0 aliphatic carbocycles. The molecule has 4 rings (SSSR count). The van der Waals surface area contributed by atoms with Crippen LogP contribution in [0.1, 0.15) is 22.6 Å². The van der Waals surface area contributed by atoms with Crippen molar-refractivity contribution in [1.82, 2.24) is 13.9 Å². The van der Waals surface area contributed by atoms with Crippen LogP contribution in [0.5, 0.6) is 0 Å². The molecule has 0 amide bonds. The number of morpholine rings is 1. The van der Waals surface area contributed by atoms with Crippen LogP contribution in [0.4, 0.5) is 0 Å². The van der Waals surface area contributed by atoms with Crippen molar-refractivity contribution in [2.45, 2.75) is 18.7 Å². The third-order valence-electron chi connectivity index (χ3n) is 5.52. The number of rotatable bonds is 5. The highest BCUT2D eigenvalue weighted by atomic mass is 32.2. The van der Waals surface area contributed by atoms with Crippen LogP contribution in [0, 0.1) is 25.2 Å². The van der Waals surface area contributed by atoms with Crippen LogP contribution in [0.2, 0.25) is 0 Å². The molecule has 1 aliphatic heterocycles. The third kappa shape index (κ3) is 4.23. The zero-order valence-corrected chi connectivity index (χ0v) is 18.8. The van der Waals surface area contributed by atoms with E-state index in [9.17, 15) is 13.7 Å². The Bertz CT molecular complexity index is 1300.